The highest BCUT2D eigenvalue weighted by Gasteiger charge is 2.23. The van der Waals surface area contributed by atoms with E-state index in [0.29, 0.717) is 28.5 Å². The molecule has 1 aliphatic rings. The van der Waals surface area contributed by atoms with Crippen LogP contribution in [0.25, 0.3) is 10.1 Å². The Hall–Kier alpha value is -3.42. The summed E-state index contributed by atoms with van der Waals surface area (Å²) in [6.45, 7) is 2.77. The third kappa shape index (κ3) is 5.31. The Bertz CT molecular complexity index is 1310. The molecular weight excluding hydrogens is 465 g/mol. The Morgan fingerprint density at radius 3 is 2.57 bits per heavy atom. The van der Waals surface area contributed by atoms with E-state index in [1.165, 1.54) is 11.3 Å². The molecule has 0 amide bonds. The Morgan fingerprint density at radius 2 is 1.83 bits per heavy atom. The zero-order chi connectivity index (χ0) is 24.2. The van der Waals surface area contributed by atoms with Gasteiger partial charge in [0.1, 0.15) is 28.7 Å². The molecular formula is C28H26FNO4S. The first-order chi connectivity index (χ1) is 17.1. The van der Waals surface area contributed by atoms with Crippen molar-refractivity contribution in [2.75, 3.05) is 32.9 Å². The van der Waals surface area contributed by atoms with Crippen molar-refractivity contribution in [2.24, 2.45) is 5.92 Å². The van der Waals surface area contributed by atoms with E-state index in [4.69, 9.17) is 9.47 Å². The minimum absolute atomic E-state index is 0.127. The summed E-state index contributed by atoms with van der Waals surface area (Å²) in [5.74, 6) is 1.95. The number of benzene rings is 3. The zero-order valence-corrected chi connectivity index (χ0v) is 20.0. The van der Waals surface area contributed by atoms with Crippen LogP contribution in [0.2, 0.25) is 0 Å². The van der Waals surface area contributed by atoms with E-state index in [1.807, 2.05) is 42.5 Å². The average Bonchev–Trinajstić information content (AvgIpc) is 3.49. The van der Waals surface area contributed by atoms with Gasteiger partial charge in [-0.3, -0.25) is 14.1 Å². The molecule has 1 aliphatic heterocycles. The fourth-order valence-corrected chi connectivity index (χ4v) is 5.41. The van der Waals surface area contributed by atoms with Crippen LogP contribution in [-0.4, -0.2) is 48.7 Å². The van der Waals surface area contributed by atoms with E-state index >= 15 is 0 Å². The summed E-state index contributed by atoms with van der Waals surface area (Å²) < 4.78 is 25.6. The van der Waals surface area contributed by atoms with Crippen LogP contribution in [0, 0.1) is 5.92 Å². The monoisotopic (exact) mass is 491 g/mol. The molecule has 1 N–H and O–H groups in total. The largest absolute Gasteiger partial charge is 0.508 e. The number of phenolic OH excluding ortho intramolecular Hbond substituents is 1. The number of hydrogen-bond donors (Lipinski definition) is 1. The van der Waals surface area contributed by atoms with Gasteiger partial charge < -0.3 is 14.6 Å². The molecule has 35 heavy (non-hydrogen) atoms. The predicted octanol–water partition coefficient (Wildman–Crippen LogP) is 6.30. The van der Waals surface area contributed by atoms with Crippen LogP contribution in [0.3, 0.4) is 0 Å². The molecule has 0 aliphatic carbocycles. The van der Waals surface area contributed by atoms with Crippen molar-refractivity contribution in [1.82, 2.24) is 4.90 Å². The summed E-state index contributed by atoms with van der Waals surface area (Å²) >= 11 is 1.30. The molecule has 0 bridgehead atoms. The predicted molar refractivity (Wildman–Crippen MR) is 136 cm³/mol. The van der Waals surface area contributed by atoms with Gasteiger partial charge in [0.25, 0.3) is 0 Å². The third-order valence-corrected chi connectivity index (χ3v) is 7.31. The number of ketones is 1. The van der Waals surface area contributed by atoms with Crippen molar-refractivity contribution in [1.29, 1.82) is 0 Å². The SMILES string of the molecule is O=C(c1ccccc1)c1sc2cc(O)ccc2c1Oc1ccc(OCCN2CC[C@@H](CF)C2)cc1. The molecule has 180 valence electrons. The Labute approximate surface area is 207 Å². The van der Waals surface area contributed by atoms with Crippen molar-refractivity contribution < 1.29 is 23.8 Å². The third-order valence-electron chi connectivity index (χ3n) is 6.18. The molecule has 0 saturated carbocycles. The molecule has 1 aromatic heterocycles. The zero-order valence-electron chi connectivity index (χ0n) is 19.2. The van der Waals surface area contributed by atoms with Crippen LogP contribution in [0.4, 0.5) is 4.39 Å². The number of fused-ring (bicyclic) bond motifs is 1. The Morgan fingerprint density at radius 1 is 1.06 bits per heavy atom. The molecule has 5 nitrogen and oxygen atoms in total. The van der Waals surface area contributed by atoms with Crippen LogP contribution in [0.5, 0.6) is 23.0 Å². The van der Waals surface area contributed by atoms with Gasteiger partial charge in [-0.05, 0) is 55.4 Å². The lowest BCUT2D eigenvalue weighted by molar-refractivity contribution is 0.104. The van der Waals surface area contributed by atoms with Crippen LogP contribution in [-0.2, 0) is 0 Å². The highest BCUT2D eigenvalue weighted by Crippen LogP contribution is 2.42. The summed E-state index contributed by atoms with van der Waals surface area (Å²) in [7, 11) is 0. The van der Waals surface area contributed by atoms with E-state index in [0.717, 1.165) is 41.9 Å². The van der Waals surface area contributed by atoms with Gasteiger partial charge >= 0.3 is 0 Å². The number of phenols is 1. The maximum Gasteiger partial charge on any atom is 0.206 e. The number of alkyl halides is 1. The summed E-state index contributed by atoms with van der Waals surface area (Å²) in [5, 5.41) is 10.7. The number of carbonyl (C=O) groups excluding carboxylic acids is 1. The van der Waals surface area contributed by atoms with E-state index in [9.17, 15) is 14.3 Å². The number of likely N-dealkylation sites (tertiary alicyclic amines) is 1. The normalized spacial score (nSPS) is 16.0. The van der Waals surface area contributed by atoms with E-state index < -0.39 is 0 Å². The first-order valence-corrected chi connectivity index (χ1v) is 12.5. The quantitative estimate of drug-likeness (QED) is 0.279. The molecule has 2 heterocycles. The smallest absolute Gasteiger partial charge is 0.206 e. The number of rotatable bonds is 9. The highest BCUT2D eigenvalue weighted by molar-refractivity contribution is 7.21. The molecule has 0 unspecified atom stereocenters. The second-order valence-corrected chi connectivity index (χ2v) is 9.72. The van der Waals surface area contributed by atoms with Crippen LogP contribution < -0.4 is 9.47 Å². The van der Waals surface area contributed by atoms with Crippen LogP contribution >= 0.6 is 11.3 Å². The van der Waals surface area contributed by atoms with Crippen molar-refractivity contribution in [3.05, 3.63) is 83.2 Å². The van der Waals surface area contributed by atoms with Crippen molar-refractivity contribution in [2.45, 2.75) is 6.42 Å². The topological polar surface area (TPSA) is 59.0 Å². The second-order valence-electron chi connectivity index (χ2n) is 8.67. The molecule has 7 heteroatoms. The fraction of sp³-hybridized carbons (Fsp3) is 0.250. The number of nitrogens with zero attached hydrogens (tertiary/aromatic N) is 1. The number of ether oxygens (including phenoxy) is 2. The summed E-state index contributed by atoms with van der Waals surface area (Å²) in [4.78, 5) is 16.0. The molecule has 0 spiro atoms. The second kappa shape index (κ2) is 10.5. The highest BCUT2D eigenvalue weighted by atomic mass is 32.1. The summed E-state index contributed by atoms with van der Waals surface area (Å²) in [5.41, 5.74) is 0.577. The molecule has 3 aromatic carbocycles. The fourth-order valence-electron chi connectivity index (χ4n) is 4.29. The number of halogens is 1. The number of thiophene rings is 1. The average molecular weight is 492 g/mol. The minimum Gasteiger partial charge on any atom is -0.508 e. The summed E-state index contributed by atoms with van der Waals surface area (Å²) in [6.07, 6.45) is 0.911. The Kier molecular flexibility index (Phi) is 6.97. The molecule has 1 saturated heterocycles. The maximum absolute atomic E-state index is 13.3. The molecule has 4 aromatic rings. The lowest BCUT2D eigenvalue weighted by Gasteiger charge is -2.16. The number of carbonyl (C=O) groups is 1. The standard InChI is InChI=1S/C28H26FNO4S/c29-17-19-12-13-30(18-19)14-15-33-22-7-9-23(10-8-22)34-27-24-11-6-21(31)16-25(24)35-28(27)26(32)20-4-2-1-3-5-20/h1-11,16,19,31H,12-15,17-18H2/t19-/m0/s1. The van der Waals surface area contributed by atoms with E-state index in [-0.39, 0.29) is 24.1 Å². The molecule has 1 fully saturated rings. The van der Waals surface area contributed by atoms with Gasteiger partial charge in [0, 0.05) is 34.7 Å². The molecule has 1 atom stereocenters. The van der Waals surface area contributed by atoms with Crippen molar-refractivity contribution >= 4 is 27.2 Å². The molecule has 0 radical (unpaired) electrons. The minimum atomic E-state index is -0.252. The van der Waals surface area contributed by atoms with Gasteiger partial charge in [-0.2, -0.15) is 0 Å². The van der Waals surface area contributed by atoms with Gasteiger partial charge in [0.15, 0.2) is 5.75 Å². The Balaban J connectivity index is 1.31. The van der Waals surface area contributed by atoms with Gasteiger partial charge in [-0.15, -0.1) is 11.3 Å². The first kappa shape index (κ1) is 23.3. The van der Waals surface area contributed by atoms with Crippen molar-refractivity contribution in [3.8, 4) is 23.0 Å². The lowest BCUT2D eigenvalue weighted by Crippen LogP contribution is -2.26. The molecule has 5 rings (SSSR count). The maximum atomic E-state index is 13.3. The summed E-state index contributed by atoms with van der Waals surface area (Å²) in [6, 6.07) is 21.4. The van der Waals surface area contributed by atoms with Crippen molar-refractivity contribution in [3.63, 3.8) is 0 Å². The van der Waals surface area contributed by atoms with Gasteiger partial charge in [0.05, 0.1) is 6.67 Å². The van der Waals surface area contributed by atoms with Crippen LogP contribution in [0.15, 0.2) is 72.8 Å². The van der Waals surface area contributed by atoms with Gasteiger partial charge in [-0.25, -0.2) is 0 Å². The first-order valence-electron chi connectivity index (χ1n) is 11.6. The van der Waals surface area contributed by atoms with Gasteiger partial charge in [-0.1, -0.05) is 30.3 Å². The lowest BCUT2D eigenvalue weighted by atomic mass is 10.1. The van der Waals surface area contributed by atoms with Gasteiger partial charge in [0.2, 0.25) is 5.78 Å². The number of hydrogen-bond acceptors (Lipinski definition) is 6. The van der Waals surface area contributed by atoms with E-state index in [1.54, 1.807) is 30.3 Å². The number of aromatic hydroxyl groups is 1. The van der Waals surface area contributed by atoms with Crippen LogP contribution in [0.1, 0.15) is 21.7 Å². The van der Waals surface area contributed by atoms with E-state index in [2.05, 4.69) is 4.90 Å².